The smallest absolute Gasteiger partial charge is 0.206 e. The first-order valence-corrected chi connectivity index (χ1v) is 18.7. The molecule has 4 aromatic rings. The molecule has 0 bridgehead atoms. The van der Waals surface area contributed by atoms with E-state index in [1.54, 1.807) is 0 Å². The zero-order valence-electron chi connectivity index (χ0n) is 31.4. The van der Waals surface area contributed by atoms with Gasteiger partial charge in [0, 0.05) is 57.8 Å². The van der Waals surface area contributed by atoms with Crippen molar-refractivity contribution in [3.05, 3.63) is 131 Å². The van der Waals surface area contributed by atoms with Crippen molar-refractivity contribution in [2.75, 3.05) is 36.0 Å². The molecule has 0 spiro atoms. The lowest BCUT2D eigenvalue weighted by Crippen LogP contribution is -3.00. The first-order valence-electron chi connectivity index (χ1n) is 18.7. The van der Waals surface area contributed by atoms with E-state index in [1.165, 1.54) is 78.7 Å². The molecule has 7 rings (SSSR count). The normalized spacial score (nSPS) is 21.1. The van der Waals surface area contributed by atoms with Crippen LogP contribution in [0.5, 0.6) is 0 Å². The molecule has 2 aliphatic heterocycles. The number of benzene rings is 4. The third kappa shape index (κ3) is 5.76. The molecule has 1 fully saturated rings. The van der Waals surface area contributed by atoms with Gasteiger partial charge in [-0.3, -0.25) is 0 Å². The van der Waals surface area contributed by atoms with Crippen LogP contribution in [-0.4, -0.2) is 36.5 Å². The molecule has 0 unspecified atom stereocenters. The second-order valence-corrected chi connectivity index (χ2v) is 15.0. The largest absolute Gasteiger partial charge is 1.00 e. The Balaban J connectivity index is 0.00000432. The summed E-state index contributed by atoms with van der Waals surface area (Å²) in [6, 6.07) is 27.0. The van der Waals surface area contributed by atoms with Crippen LogP contribution in [0.1, 0.15) is 85.8 Å². The van der Waals surface area contributed by atoms with E-state index in [0.717, 1.165) is 39.0 Å². The molecule has 260 valence electrons. The summed E-state index contributed by atoms with van der Waals surface area (Å²) in [5.41, 5.74) is 12.6. The molecule has 1 saturated carbocycles. The molecule has 0 N–H and O–H groups in total. The predicted molar refractivity (Wildman–Crippen MR) is 213 cm³/mol. The molecule has 4 heteroatoms. The Hall–Kier alpha value is -3.64. The van der Waals surface area contributed by atoms with Crippen LogP contribution < -0.4 is 33.8 Å². The third-order valence-corrected chi connectivity index (χ3v) is 11.6. The lowest BCUT2D eigenvalue weighted by atomic mass is 9.80. The fraction of sp³-hybridized carbons (Fsp3) is 0.370. The molecule has 3 aliphatic rings. The van der Waals surface area contributed by atoms with Crippen molar-refractivity contribution >= 4 is 38.6 Å². The molecular weight excluding hydrogens is 721 g/mol. The van der Waals surface area contributed by atoms with Crippen LogP contribution in [0.4, 0.5) is 11.4 Å². The summed E-state index contributed by atoms with van der Waals surface area (Å²) < 4.78 is 2.59. The highest BCUT2D eigenvalue weighted by Gasteiger charge is 2.42. The van der Waals surface area contributed by atoms with Gasteiger partial charge in [-0.15, -0.1) is 0 Å². The number of rotatable bonds is 6. The molecule has 50 heavy (non-hydrogen) atoms. The van der Waals surface area contributed by atoms with Crippen LogP contribution in [0, 0.1) is 0 Å². The van der Waals surface area contributed by atoms with Crippen LogP contribution >= 0.6 is 0 Å². The van der Waals surface area contributed by atoms with Gasteiger partial charge in [-0.25, -0.2) is 4.58 Å². The van der Waals surface area contributed by atoms with Crippen molar-refractivity contribution in [3.8, 4) is 0 Å². The highest BCUT2D eigenvalue weighted by molar-refractivity contribution is 6.10. The number of hydrogen-bond donors (Lipinski definition) is 0. The van der Waals surface area contributed by atoms with Crippen molar-refractivity contribution in [3.63, 3.8) is 0 Å². The van der Waals surface area contributed by atoms with Crippen molar-refractivity contribution in [1.82, 2.24) is 0 Å². The average Bonchev–Trinajstić information content (AvgIpc) is 3.48. The molecule has 3 nitrogen and oxygen atoms in total. The topological polar surface area (TPSA) is 9.49 Å². The monoisotopic (exact) mass is 775 g/mol. The number of fused-ring (bicyclic) bond motifs is 6. The summed E-state index contributed by atoms with van der Waals surface area (Å²) in [7, 11) is 0. The van der Waals surface area contributed by atoms with E-state index < -0.39 is 0 Å². The number of allylic oxidation sites excluding steroid dienone is 8. The first kappa shape index (κ1) is 36.2. The van der Waals surface area contributed by atoms with Crippen molar-refractivity contribution < 1.29 is 28.6 Å². The highest BCUT2D eigenvalue weighted by Crippen LogP contribution is 2.52. The minimum Gasteiger partial charge on any atom is -1.00 e. The Bertz CT molecular complexity index is 1960. The summed E-state index contributed by atoms with van der Waals surface area (Å²) in [4.78, 5) is 5.09. The average molecular weight is 776 g/mol. The summed E-state index contributed by atoms with van der Waals surface area (Å²) in [5, 5.41) is 5.39. The lowest BCUT2D eigenvalue weighted by Gasteiger charge is -2.27. The van der Waals surface area contributed by atoms with E-state index in [4.69, 9.17) is 0 Å². The van der Waals surface area contributed by atoms with E-state index in [2.05, 4.69) is 167 Å². The minimum absolute atomic E-state index is 0. The molecule has 0 radical (unpaired) electrons. The van der Waals surface area contributed by atoms with Crippen molar-refractivity contribution in [1.29, 1.82) is 0 Å². The van der Waals surface area contributed by atoms with Crippen LogP contribution in [0.25, 0.3) is 21.5 Å². The summed E-state index contributed by atoms with van der Waals surface area (Å²) in [5.74, 6) is 0. The van der Waals surface area contributed by atoms with Gasteiger partial charge in [-0.05, 0) is 104 Å². The van der Waals surface area contributed by atoms with Gasteiger partial charge in [0.15, 0.2) is 0 Å². The van der Waals surface area contributed by atoms with Crippen LogP contribution in [0.15, 0.2) is 120 Å². The zero-order chi connectivity index (χ0) is 34.5. The lowest BCUT2D eigenvalue weighted by molar-refractivity contribution is -0.520. The maximum Gasteiger partial charge on any atom is 0.206 e. The molecule has 2 heterocycles. The van der Waals surface area contributed by atoms with Gasteiger partial charge in [-0.1, -0.05) is 101 Å². The molecule has 0 amide bonds. The van der Waals surface area contributed by atoms with Crippen molar-refractivity contribution in [2.24, 2.45) is 0 Å². The van der Waals surface area contributed by atoms with Gasteiger partial charge in [0.05, 0.1) is 0 Å². The van der Waals surface area contributed by atoms with E-state index in [-0.39, 0.29) is 34.8 Å². The molecule has 0 aromatic heterocycles. The van der Waals surface area contributed by atoms with Crippen LogP contribution in [0.2, 0.25) is 0 Å². The fourth-order valence-corrected chi connectivity index (χ4v) is 9.29. The van der Waals surface area contributed by atoms with E-state index in [9.17, 15) is 0 Å². The van der Waals surface area contributed by atoms with Gasteiger partial charge >= 0.3 is 0 Å². The second-order valence-electron chi connectivity index (χ2n) is 15.0. The quantitative estimate of drug-likeness (QED) is 0.144. The summed E-state index contributed by atoms with van der Waals surface area (Å²) >= 11 is 0. The number of nitrogens with zero attached hydrogens (tertiary/aromatic N) is 3. The minimum atomic E-state index is -0.0901. The molecule has 0 saturated heterocycles. The van der Waals surface area contributed by atoms with E-state index in [0.29, 0.717) is 0 Å². The summed E-state index contributed by atoms with van der Waals surface area (Å²) in [6.45, 7) is 22.7. The van der Waals surface area contributed by atoms with Gasteiger partial charge in [0.2, 0.25) is 5.71 Å². The molecule has 4 aromatic carbocycles. The maximum absolute atomic E-state index is 2.59. The zero-order valence-corrected chi connectivity index (χ0v) is 33.6. The Kier molecular flexibility index (Phi) is 10.2. The fourth-order valence-electron chi connectivity index (χ4n) is 9.29. The van der Waals surface area contributed by atoms with Gasteiger partial charge in [0.1, 0.15) is 13.1 Å². The van der Waals surface area contributed by atoms with Crippen molar-refractivity contribution in [2.45, 2.75) is 85.5 Å². The highest BCUT2D eigenvalue weighted by atomic mass is 127. The van der Waals surface area contributed by atoms with Gasteiger partial charge in [0.25, 0.3) is 0 Å². The Morgan fingerprint density at radius 2 is 1.00 bits per heavy atom. The Morgan fingerprint density at radius 3 is 1.40 bits per heavy atom. The standard InChI is InChI=1S/C46H54N3.HI/c1-9-47(10-2)44-34(26-30-40-45(5,6)42-36-22-15-13-18-32(36)24-28-38(42)48(40)11-3)20-17-21-35(44)27-31-41-46(7,8)43-37-23-16-14-19-33(37)25-29-39(43)49(41)12-4;/h13-16,18-19,22-31H,9-12,17,20-21H2,1-8H3;1H/q+1;/p-1. The maximum atomic E-state index is 2.59. The van der Waals surface area contributed by atoms with E-state index >= 15 is 0 Å². The molecule has 1 aliphatic carbocycles. The first-order chi connectivity index (χ1) is 23.7. The van der Waals surface area contributed by atoms with Gasteiger partial charge < -0.3 is 33.8 Å². The van der Waals surface area contributed by atoms with Crippen LogP contribution in [0.3, 0.4) is 0 Å². The number of hydrogen-bond acceptors (Lipinski definition) is 2. The van der Waals surface area contributed by atoms with E-state index in [1.807, 2.05) is 0 Å². The molecule has 0 atom stereocenters. The SMILES string of the molecule is CCN1/C(=C\C=C2/CCC/C(=C\C=C3\N(CC)c4ccc5ccccc5c4C3(C)C)C2=[N+](CC)CC)C(C)(C)c2c1ccc1ccccc21.[I-]. The Labute approximate surface area is 317 Å². The third-order valence-electron chi connectivity index (χ3n) is 11.6. The van der Waals surface area contributed by atoms with Crippen LogP contribution in [-0.2, 0) is 10.8 Å². The van der Waals surface area contributed by atoms with Gasteiger partial charge in [-0.2, -0.15) is 0 Å². The number of anilines is 2. The predicted octanol–water partition coefficient (Wildman–Crippen LogP) is 8.23. The second kappa shape index (κ2) is 14.2. The number of halogens is 1. The molecular formula is C46H54IN3. The number of likely N-dealkylation sites (N-methyl/N-ethyl adjacent to an activating group) is 2. The summed E-state index contributed by atoms with van der Waals surface area (Å²) in [6.07, 6.45) is 13.2. The Morgan fingerprint density at radius 1 is 0.580 bits per heavy atom.